The van der Waals surface area contributed by atoms with Gasteiger partial charge in [0.2, 0.25) is 0 Å². The molecule has 0 aliphatic heterocycles. The zero-order valence-corrected chi connectivity index (χ0v) is 22.0. The molecule has 3 aromatic carbocycles. The second kappa shape index (κ2) is 10.8. The summed E-state index contributed by atoms with van der Waals surface area (Å²) in [6, 6.07) is 13.5. The molecule has 4 rings (SSSR count). The molecule has 4 aromatic rings. The van der Waals surface area contributed by atoms with Gasteiger partial charge in [-0.05, 0) is 35.4 Å². The lowest BCUT2D eigenvalue weighted by Gasteiger charge is -2.20. The van der Waals surface area contributed by atoms with Gasteiger partial charge in [0.05, 0.1) is 27.9 Å². The molecule has 10 heteroatoms. The van der Waals surface area contributed by atoms with Crippen LogP contribution in [-0.4, -0.2) is 42.2 Å². The molecule has 37 heavy (non-hydrogen) atoms. The van der Waals surface area contributed by atoms with Gasteiger partial charge in [0.25, 0.3) is 0 Å². The van der Waals surface area contributed by atoms with Crippen molar-refractivity contribution in [1.82, 2.24) is 9.78 Å². The molecule has 5 nitrogen and oxygen atoms in total. The number of aliphatic hydroxyl groups is 1. The number of rotatable bonds is 8. The Bertz CT molecular complexity index is 1410. The average Bonchev–Trinajstić information content (AvgIpc) is 3.20. The van der Waals surface area contributed by atoms with Gasteiger partial charge in [-0.2, -0.15) is 18.3 Å². The monoisotopic (exact) mass is 551 g/mol. The lowest BCUT2D eigenvalue weighted by molar-refractivity contribution is -0.137. The molecule has 0 spiro atoms. The summed E-state index contributed by atoms with van der Waals surface area (Å²) in [6.45, 7) is 1.97. The van der Waals surface area contributed by atoms with E-state index in [4.69, 9.17) is 33.0 Å². The van der Waals surface area contributed by atoms with E-state index in [0.717, 1.165) is 39.7 Å². The highest BCUT2D eigenvalue weighted by Crippen LogP contribution is 2.41. The standard InChI is InChI=1S/C27H26Cl2F3N3O2/c1-4-23-20(15-19-18-8-6-5-7-16(18)9-10-24(19)37-12-11-36)26(34(2)3)35(33-23)25-21(28)13-17(14-22(25)29)27(30,31)32/h5-10,13-14,36H,4,11-12,15H2,1-3H3. The molecule has 0 fully saturated rings. The Morgan fingerprint density at radius 1 is 1.03 bits per heavy atom. The summed E-state index contributed by atoms with van der Waals surface area (Å²) in [7, 11) is 3.66. The molecule has 0 saturated carbocycles. The second-order valence-electron chi connectivity index (χ2n) is 8.71. The number of aromatic nitrogens is 2. The summed E-state index contributed by atoms with van der Waals surface area (Å²) in [4.78, 5) is 1.84. The summed E-state index contributed by atoms with van der Waals surface area (Å²) < 4.78 is 47.4. The first kappa shape index (κ1) is 27.1. The summed E-state index contributed by atoms with van der Waals surface area (Å²) in [6.07, 6.45) is -3.59. The van der Waals surface area contributed by atoms with Crippen LogP contribution < -0.4 is 9.64 Å². The van der Waals surface area contributed by atoms with E-state index in [1.54, 1.807) is 0 Å². The zero-order chi connectivity index (χ0) is 26.9. The average molecular weight is 552 g/mol. The molecule has 0 aliphatic carbocycles. The molecule has 0 amide bonds. The molecule has 0 unspecified atom stereocenters. The van der Waals surface area contributed by atoms with E-state index in [0.29, 0.717) is 24.4 Å². The molecular weight excluding hydrogens is 526 g/mol. The number of hydrogen-bond acceptors (Lipinski definition) is 4. The molecule has 1 N–H and O–H groups in total. The van der Waals surface area contributed by atoms with E-state index in [-0.39, 0.29) is 28.9 Å². The van der Waals surface area contributed by atoms with Gasteiger partial charge in [0.1, 0.15) is 23.9 Å². The molecule has 1 aromatic heterocycles. The molecule has 1 heterocycles. The summed E-state index contributed by atoms with van der Waals surface area (Å²) in [5.74, 6) is 1.28. The SMILES string of the molecule is CCc1nn(-c2c(Cl)cc(C(F)(F)F)cc2Cl)c(N(C)C)c1Cc1c(OCCO)ccc2ccccc12. The Kier molecular flexibility index (Phi) is 7.92. The lowest BCUT2D eigenvalue weighted by Crippen LogP contribution is -2.17. The van der Waals surface area contributed by atoms with Crippen LogP contribution in [0.3, 0.4) is 0 Å². The fraction of sp³-hybridized carbons (Fsp3) is 0.296. The predicted molar refractivity (Wildman–Crippen MR) is 142 cm³/mol. The quantitative estimate of drug-likeness (QED) is 0.257. The largest absolute Gasteiger partial charge is 0.491 e. The minimum absolute atomic E-state index is 0.127. The molecule has 0 radical (unpaired) electrons. The number of alkyl halides is 3. The Labute approximate surface area is 223 Å². The van der Waals surface area contributed by atoms with E-state index in [2.05, 4.69) is 0 Å². The molecule has 0 aliphatic rings. The second-order valence-corrected chi connectivity index (χ2v) is 9.52. The third-order valence-corrected chi connectivity index (χ3v) is 6.63. The van der Waals surface area contributed by atoms with Crippen molar-refractivity contribution < 1.29 is 23.0 Å². The smallest absolute Gasteiger partial charge is 0.416 e. The van der Waals surface area contributed by atoms with Gasteiger partial charge in [-0.1, -0.05) is 60.5 Å². The maximum absolute atomic E-state index is 13.3. The van der Waals surface area contributed by atoms with E-state index in [9.17, 15) is 18.3 Å². The highest BCUT2D eigenvalue weighted by Gasteiger charge is 2.33. The number of benzene rings is 3. The van der Waals surface area contributed by atoms with E-state index in [1.807, 2.05) is 62.3 Å². The Hall–Kier alpha value is -2.94. The number of halogens is 5. The number of aliphatic hydroxyl groups excluding tert-OH is 1. The molecular formula is C27H26Cl2F3N3O2. The van der Waals surface area contributed by atoms with Crippen molar-refractivity contribution in [2.45, 2.75) is 25.9 Å². The van der Waals surface area contributed by atoms with Crippen LogP contribution in [0.15, 0.2) is 48.5 Å². The number of fused-ring (bicyclic) bond motifs is 1. The number of ether oxygens (including phenoxy) is 1. The van der Waals surface area contributed by atoms with Crippen LogP contribution in [-0.2, 0) is 19.0 Å². The fourth-order valence-corrected chi connectivity index (χ4v) is 5.11. The van der Waals surface area contributed by atoms with Crippen molar-refractivity contribution in [3.05, 3.63) is 81.0 Å². The lowest BCUT2D eigenvalue weighted by atomic mass is 9.96. The third kappa shape index (κ3) is 5.37. The van der Waals surface area contributed by atoms with Crippen molar-refractivity contribution in [3.8, 4) is 11.4 Å². The highest BCUT2D eigenvalue weighted by atomic mass is 35.5. The third-order valence-electron chi connectivity index (χ3n) is 6.05. The maximum atomic E-state index is 13.3. The normalized spacial score (nSPS) is 11.8. The van der Waals surface area contributed by atoms with Gasteiger partial charge in [0.15, 0.2) is 0 Å². The minimum atomic E-state index is -4.58. The van der Waals surface area contributed by atoms with Crippen LogP contribution in [0, 0.1) is 0 Å². The minimum Gasteiger partial charge on any atom is -0.491 e. The van der Waals surface area contributed by atoms with Crippen LogP contribution >= 0.6 is 23.2 Å². The number of hydrogen-bond donors (Lipinski definition) is 1. The van der Waals surface area contributed by atoms with Gasteiger partial charge in [-0.15, -0.1) is 0 Å². The van der Waals surface area contributed by atoms with Crippen molar-refractivity contribution in [2.24, 2.45) is 0 Å². The first-order valence-corrected chi connectivity index (χ1v) is 12.4. The highest BCUT2D eigenvalue weighted by molar-refractivity contribution is 6.38. The topological polar surface area (TPSA) is 50.5 Å². The van der Waals surface area contributed by atoms with Gasteiger partial charge >= 0.3 is 6.18 Å². The van der Waals surface area contributed by atoms with Crippen molar-refractivity contribution >= 4 is 39.8 Å². The van der Waals surface area contributed by atoms with Gasteiger partial charge < -0.3 is 14.7 Å². The van der Waals surface area contributed by atoms with Gasteiger partial charge in [-0.25, -0.2) is 4.68 Å². The van der Waals surface area contributed by atoms with Crippen LogP contribution in [0.4, 0.5) is 19.0 Å². The number of anilines is 1. The van der Waals surface area contributed by atoms with Crippen LogP contribution in [0.2, 0.25) is 10.0 Å². The van der Waals surface area contributed by atoms with Gasteiger partial charge in [-0.3, -0.25) is 0 Å². The summed E-state index contributed by atoms with van der Waals surface area (Å²) in [5.41, 5.74) is 1.77. The molecule has 0 bridgehead atoms. The Balaban J connectivity index is 1.93. The first-order chi connectivity index (χ1) is 17.6. The van der Waals surface area contributed by atoms with Crippen LogP contribution in [0.5, 0.6) is 5.75 Å². The number of nitrogens with zero attached hydrogens (tertiary/aromatic N) is 3. The Morgan fingerprint density at radius 3 is 2.30 bits per heavy atom. The van der Waals surface area contributed by atoms with E-state index < -0.39 is 11.7 Å². The van der Waals surface area contributed by atoms with Crippen LogP contribution in [0.25, 0.3) is 16.5 Å². The van der Waals surface area contributed by atoms with Crippen molar-refractivity contribution in [2.75, 3.05) is 32.2 Å². The summed E-state index contributed by atoms with van der Waals surface area (Å²) >= 11 is 12.7. The molecule has 0 saturated heterocycles. The zero-order valence-electron chi connectivity index (χ0n) is 20.5. The van der Waals surface area contributed by atoms with Gasteiger partial charge in [0, 0.05) is 31.6 Å². The van der Waals surface area contributed by atoms with Crippen molar-refractivity contribution in [1.29, 1.82) is 0 Å². The molecule has 0 atom stereocenters. The predicted octanol–water partition coefficient (Wildman–Crippen LogP) is 6.94. The summed E-state index contributed by atoms with van der Waals surface area (Å²) in [5, 5.41) is 15.8. The van der Waals surface area contributed by atoms with E-state index in [1.165, 1.54) is 4.68 Å². The van der Waals surface area contributed by atoms with Crippen LogP contribution in [0.1, 0.15) is 29.3 Å². The molecule has 196 valence electrons. The maximum Gasteiger partial charge on any atom is 0.416 e. The first-order valence-electron chi connectivity index (χ1n) is 11.7. The number of aryl methyl sites for hydroxylation is 1. The Morgan fingerprint density at radius 2 is 1.70 bits per heavy atom. The fourth-order valence-electron chi connectivity index (χ4n) is 4.46. The van der Waals surface area contributed by atoms with E-state index >= 15 is 0 Å². The van der Waals surface area contributed by atoms with Crippen molar-refractivity contribution in [3.63, 3.8) is 0 Å².